The summed E-state index contributed by atoms with van der Waals surface area (Å²) in [4.78, 5) is 17.5. The largest absolute Gasteiger partial charge is 0.471 e. The topological polar surface area (TPSA) is 68.5 Å². The Bertz CT molecular complexity index is 825. The highest BCUT2D eigenvalue weighted by atomic mass is 19.4. The molecule has 0 N–H and O–H groups in total. The van der Waals surface area contributed by atoms with Gasteiger partial charge < -0.3 is 14.2 Å². The number of carbonyl (C=O) groups is 1. The maximum atomic E-state index is 12.7. The van der Waals surface area contributed by atoms with E-state index in [1.165, 1.54) is 12.0 Å². The molecule has 1 amide bonds. The highest BCUT2D eigenvalue weighted by Crippen LogP contribution is 2.29. The Balaban J connectivity index is 2.14. The first-order chi connectivity index (χ1) is 13.3. The van der Waals surface area contributed by atoms with Gasteiger partial charge in [0.05, 0.1) is 19.1 Å². The Morgan fingerprint density at radius 2 is 2.04 bits per heavy atom. The van der Waals surface area contributed by atoms with Crippen molar-refractivity contribution in [2.45, 2.75) is 26.1 Å². The third-order valence-corrected chi connectivity index (χ3v) is 4.06. The van der Waals surface area contributed by atoms with Crippen LogP contribution >= 0.6 is 0 Å². The van der Waals surface area contributed by atoms with Crippen LogP contribution < -0.4 is 0 Å². The molecular formula is C19H20F3N3O3. The van der Waals surface area contributed by atoms with E-state index in [9.17, 15) is 18.0 Å². The zero-order chi connectivity index (χ0) is 20.7. The minimum absolute atomic E-state index is 0.112. The summed E-state index contributed by atoms with van der Waals surface area (Å²) in [6.07, 6.45) is 1.30. The molecule has 1 atom stereocenters. The Labute approximate surface area is 160 Å². The highest BCUT2D eigenvalue weighted by Gasteiger charge is 2.38. The predicted octanol–water partition coefficient (Wildman–Crippen LogP) is 3.39. The van der Waals surface area contributed by atoms with E-state index in [0.717, 1.165) is 5.56 Å². The van der Waals surface area contributed by atoms with Gasteiger partial charge in [-0.1, -0.05) is 42.3 Å². The second-order valence-electron chi connectivity index (χ2n) is 6.08. The third kappa shape index (κ3) is 5.33. The maximum Gasteiger partial charge on any atom is 0.471 e. The fourth-order valence-electron chi connectivity index (χ4n) is 2.58. The van der Waals surface area contributed by atoms with Crippen LogP contribution in [0.2, 0.25) is 0 Å². The van der Waals surface area contributed by atoms with Crippen LogP contribution in [0.4, 0.5) is 13.2 Å². The van der Waals surface area contributed by atoms with Gasteiger partial charge in [0.1, 0.15) is 0 Å². The standard InChI is InChI=1S/C19H20F3N3O3/c1-4-10-25(17(26)14(5-2)12-27-3)11-13-6-8-15(9-7-13)16-23-18(28-24-16)19(20,21)22/h1,6-9,14H,5,10-12H2,2-3H3. The lowest BCUT2D eigenvalue weighted by Crippen LogP contribution is -2.37. The number of aromatic nitrogens is 2. The van der Waals surface area contributed by atoms with Crippen molar-refractivity contribution >= 4 is 5.91 Å². The molecule has 0 aliphatic rings. The highest BCUT2D eigenvalue weighted by molar-refractivity contribution is 5.79. The molecule has 1 aromatic heterocycles. The van der Waals surface area contributed by atoms with Gasteiger partial charge in [0.25, 0.3) is 0 Å². The van der Waals surface area contributed by atoms with Crippen molar-refractivity contribution in [2.75, 3.05) is 20.3 Å². The molecule has 0 saturated heterocycles. The van der Waals surface area contributed by atoms with Gasteiger partial charge in [0.2, 0.25) is 11.7 Å². The SMILES string of the molecule is C#CCN(Cc1ccc(-c2noc(C(F)(F)F)n2)cc1)C(=O)C(CC)COC. The second kappa shape index (κ2) is 9.37. The first-order valence-electron chi connectivity index (χ1n) is 8.51. The zero-order valence-electron chi connectivity index (χ0n) is 15.5. The summed E-state index contributed by atoms with van der Waals surface area (Å²) in [5.41, 5.74) is 1.13. The first-order valence-corrected chi connectivity index (χ1v) is 8.51. The lowest BCUT2D eigenvalue weighted by atomic mass is 10.0. The third-order valence-electron chi connectivity index (χ3n) is 4.06. The molecule has 0 saturated carbocycles. The molecule has 1 unspecified atom stereocenters. The van der Waals surface area contributed by atoms with Gasteiger partial charge >= 0.3 is 12.1 Å². The number of alkyl halides is 3. The summed E-state index contributed by atoms with van der Waals surface area (Å²) < 4.78 is 47.0. The lowest BCUT2D eigenvalue weighted by Gasteiger charge is -2.25. The fraction of sp³-hybridized carbons (Fsp3) is 0.421. The summed E-state index contributed by atoms with van der Waals surface area (Å²) in [6, 6.07) is 6.47. The van der Waals surface area contributed by atoms with Crippen molar-refractivity contribution in [3.05, 3.63) is 35.7 Å². The Morgan fingerprint density at radius 1 is 1.36 bits per heavy atom. The van der Waals surface area contributed by atoms with Gasteiger partial charge in [-0.25, -0.2) is 0 Å². The quantitative estimate of drug-likeness (QED) is 0.641. The molecule has 28 heavy (non-hydrogen) atoms. The molecule has 2 aromatic rings. The summed E-state index contributed by atoms with van der Waals surface area (Å²) in [6.45, 7) is 2.60. The van der Waals surface area contributed by atoms with Gasteiger partial charge in [0, 0.05) is 19.2 Å². The molecule has 0 aliphatic carbocycles. The number of ether oxygens (including phenoxy) is 1. The molecule has 0 bridgehead atoms. The van der Waals surface area contributed by atoms with Gasteiger partial charge in [-0.05, 0) is 12.0 Å². The Kier molecular flexibility index (Phi) is 7.18. The van der Waals surface area contributed by atoms with Crippen LogP contribution in [0.1, 0.15) is 24.8 Å². The number of terminal acetylenes is 1. The van der Waals surface area contributed by atoms with Crippen molar-refractivity contribution in [1.82, 2.24) is 15.0 Å². The molecule has 2 rings (SSSR count). The average Bonchev–Trinajstić information content (AvgIpc) is 3.16. The van der Waals surface area contributed by atoms with Crippen LogP contribution in [-0.4, -0.2) is 41.2 Å². The monoisotopic (exact) mass is 395 g/mol. The van der Waals surface area contributed by atoms with Crippen molar-refractivity contribution in [3.63, 3.8) is 0 Å². The van der Waals surface area contributed by atoms with Gasteiger partial charge in [-0.2, -0.15) is 18.2 Å². The zero-order valence-corrected chi connectivity index (χ0v) is 15.5. The fourth-order valence-corrected chi connectivity index (χ4v) is 2.58. The van der Waals surface area contributed by atoms with Gasteiger partial charge in [-0.15, -0.1) is 6.42 Å². The number of hydrogen-bond acceptors (Lipinski definition) is 5. The normalized spacial score (nSPS) is 12.4. The summed E-state index contributed by atoms with van der Waals surface area (Å²) >= 11 is 0. The Morgan fingerprint density at radius 3 is 2.54 bits per heavy atom. The van der Waals surface area contributed by atoms with E-state index in [4.69, 9.17) is 11.2 Å². The number of halogens is 3. The molecule has 0 spiro atoms. The lowest BCUT2D eigenvalue weighted by molar-refractivity contribution is -0.159. The predicted molar refractivity (Wildman–Crippen MR) is 94.6 cm³/mol. The van der Waals surface area contributed by atoms with E-state index in [-0.39, 0.29) is 30.7 Å². The van der Waals surface area contributed by atoms with Crippen LogP contribution in [0.25, 0.3) is 11.4 Å². The number of amides is 1. The van der Waals surface area contributed by atoms with E-state index in [1.807, 2.05) is 6.92 Å². The molecule has 150 valence electrons. The number of benzene rings is 1. The number of rotatable bonds is 8. The van der Waals surface area contributed by atoms with Crippen LogP contribution in [0.3, 0.4) is 0 Å². The smallest absolute Gasteiger partial charge is 0.384 e. The van der Waals surface area contributed by atoms with E-state index in [0.29, 0.717) is 18.6 Å². The number of hydrogen-bond donors (Lipinski definition) is 0. The van der Waals surface area contributed by atoms with Crippen molar-refractivity contribution in [1.29, 1.82) is 0 Å². The number of nitrogens with zero attached hydrogens (tertiary/aromatic N) is 3. The second-order valence-corrected chi connectivity index (χ2v) is 6.08. The van der Waals surface area contributed by atoms with Crippen LogP contribution in [0.15, 0.2) is 28.8 Å². The Hall–Kier alpha value is -2.86. The molecule has 6 nitrogen and oxygen atoms in total. The molecule has 0 aliphatic heterocycles. The summed E-state index contributed by atoms with van der Waals surface area (Å²) in [5, 5.41) is 3.34. The first kappa shape index (κ1) is 21.4. The van der Waals surface area contributed by atoms with E-state index < -0.39 is 12.1 Å². The van der Waals surface area contributed by atoms with Crippen LogP contribution in [0, 0.1) is 18.3 Å². The van der Waals surface area contributed by atoms with Crippen LogP contribution in [0.5, 0.6) is 0 Å². The maximum absolute atomic E-state index is 12.7. The average molecular weight is 395 g/mol. The molecule has 9 heteroatoms. The number of methoxy groups -OCH3 is 1. The molecular weight excluding hydrogens is 375 g/mol. The molecule has 1 aromatic carbocycles. The van der Waals surface area contributed by atoms with E-state index in [1.54, 1.807) is 24.3 Å². The van der Waals surface area contributed by atoms with Crippen molar-refractivity contribution < 1.29 is 27.2 Å². The van der Waals surface area contributed by atoms with Gasteiger partial charge in [-0.3, -0.25) is 4.79 Å². The van der Waals surface area contributed by atoms with Gasteiger partial charge in [0.15, 0.2) is 0 Å². The molecule has 1 heterocycles. The molecule has 0 fully saturated rings. The van der Waals surface area contributed by atoms with Crippen LogP contribution in [-0.2, 0) is 22.3 Å². The van der Waals surface area contributed by atoms with E-state index in [2.05, 4.69) is 20.6 Å². The molecule has 0 radical (unpaired) electrons. The van der Waals surface area contributed by atoms with Crippen molar-refractivity contribution in [3.8, 4) is 23.7 Å². The minimum atomic E-state index is -4.70. The summed E-state index contributed by atoms with van der Waals surface area (Å²) in [7, 11) is 1.53. The van der Waals surface area contributed by atoms with Crippen molar-refractivity contribution in [2.24, 2.45) is 5.92 Å². The summed E-state index contributed by atoms with van der Waals surface area (Å²) in [5.74, 6) is 0.497. The minimum Gasteiger partial charge on any atom is -0.384 e. The van der Waals surface area contributed by atoms with E-state index >= 15 is 0 Å². The number of carbonyl (C=O) groups excluding carboxylic acids is 1.